The van der Waals surface area contributed by atoms with Crippen LogP contribution in [-0.2, 0) is 4.74 Å². The summed E-state index contributed by atoms with van der Waals surface area (Å²) in [6, 6.07) is 0. The normalized spacial score (nSPS) is 13.6. The van der Waals surface area contributed by atoms with Crippen LogP contribution in [0.2, 0.25) is 0 Å². The first-order valence-electron chi connectivity index (χ1n) is 5.04. The smallest absolute Gasteiger partial charge is 0.0863 e. The molecule has 3 heteroatoms. The van der Waals surface area contributed by atoms with Gasteiger partial charge in [0, 0.05) is 5.75 Å². The van der Waals surface area contributed by atoms with Crippen molar-refractivity contribution in [2.75, 3.05) is 18.1 Å². The maximum Gasteiger partial charge on any atom is 0.0863 e. The van der Waals surface area contributed by atoms with Crippen molar-refractivity contribution in [3.63, 3.8) is 0 Å². The van der Waals surface area contributed by atoms with E-state index in [9.17, 15) is 5.11 Å². The lowest BCUT2D eigenvalue weighted by Crippen LogP contribution is -2.20. The predicted octanol–water partition coefficient (Wildman–Crippen LogP) is 2.31. The average Bonchev–Trinajstić information content (AvgIpc) is 2.09. The minimum Gasteiger partial charge on any atom is -0.390 e. The number of thioether (sulfide) groups is 1. The molecule has 0 fully saturated rings. The molecule has 0 aliphatic heterocycles. The van der Waals surface area contributed by atoms with Crippen LogP contribution in [0.3, 0.4) is 0 Å². The Morgan fingerprint density at radius 3 is 2.62 bits per heavy atom. The Kier molecular flexibility index (Phi) is 9.03. The van der Waals surface area contributed by atoms with Crippen molar-refractivity contribution < 1.29 is 9.84 Å². The molecule has 0 radical (unpaired) electrons. The van der Waals surface area contributed by atoms with Crippen LogP contribution >= 0.6 is 11.8 Å². The topological polar surface area (TPSA) is 29.5 Å². The van der Waals surface area contributed by atoms with Gasteiger partial charge in [0.05, 0.1) is 18.8 Å². The molecule has 1 atom stereocenters. The number of rotatable bonds is 8. The van der Waals surface area contributed by atoms with Gasteiger partial charge in [0.15, 0.2) is 0 Å². The molecule has 13 heavy (non-hydrogen) atoms. The number of hydrogen-bond acceptors (Lipinski definition) is 3. The van der Waals surface area contributed by atoms with E-state index in [-0.39, 0.29) is 12.2 Å². The zero-order chi connectivity index (χ0) is 10.1. The molecule has 0 aliphatic carbocycles. The maximum atomic E-state index is 9.45. The van der Waals surface area contributed by atoms with Crippen LogP contribution < -0.4 is 0 Å². The van der Waals surface area contributed by atoms with Crippen LogP contribution in [0, 0.1) is 0 Å². The molecule has 0 aromatic rings. The molecule has 0 amide bonds. The van der Waals surface area contributed by atoms with Gasteiger partial charge in [-0.2, -0.15) is 11.8 Å². The van der Waals surface area contributed by atoms with Crippen LogP contribution in [0.1, 0.15) is 33.6 Å². The Bertz CT molecular complexity index is 107. The summed E-state index contributed by atoms with van der Waals surface area (Å²) in [5.74, 6) is 1.95. The zero-order valence-corrected chi connectivity index (χ0v) is 9.77. The second-order valence-corrected chi connectivity index (χ2v) is 4.61. The predicted molar refractivity (Wildman–Crippen MR) is 59.3 cm³/mol. The summed E-state index contributed by atoms with van der Waals surface area (Å²) in [6.45, 7) is 6.61. The van der Waals surface area contributed by atoms with Gasteiger partial charge >= 0.3 is 0 Å². The molecule has 2 nitrogen and oxygen atoms in total. The van der Waals surface area contributed by atoms with Gasteiger partial charge in [-0.15, -0.1) is 0 Å². The third kappa shape index (κ3) is 10.2. The van der Waals surface area contributed by atoms with Gasteiger partial charge in [-0.3, -0.25) is 0 Å². The Balaban J connectivity index is 3.15. The Morgan fingerprint density at radius 1 is 1.38 bits per heavy atom. The summed E-state index contributed by atoms with van der Waals surface area (Å²) in [7, 11) is 0. The highest BCUT2D eigenvalue weighted by Crippen LogP contribution is 2.07. The van der Waals surface area contributed by atoms with E-state index >= 15 is 0 Å². The van der Waals surface area contributed by atoms with Crippen LogP contribution in [0.15, 0.2) is 0 Å². The van der Waals surface area contributed by atoms with Crippen molar-refractivity contribution in [3.8, 4) is 0 Å². The van der Waals surface area contributed by atoms with Crippen molar-refractivity contribution in [1.29, 1.82) is 0 Å². The number of aliphatic hydroxyl groups is 1. The summed E-state index contributed by atoms with van der Waals surface area (Å²) in [5.41, 5.74) is 0. The van der Waals surface area contributed by atoms with E-state index in [1.807, 2.05) is 25.6 Å². The molecule has 80 valence electrons. The first kappa shape index (κ1) is 13.3. The standard InChI is InChI=1S/C10H22O2S/c1-4-5-6-13-8-10(11)7-12-9(2)3/h9-11H,4-8H2,1-3H3/t10-/m0/s1. The molecule has 0 aromatic carbocycles. The number of ether oxygens (including phenoxy) is 1. The van der Waals surface area contributed by atoms with Gasteiger partial charge in [-0.05, 0) is 26.0 Å². The Hall–Kier alpha value is 0.270. The summed E-state index contributed by atoms with van der Waals surface area (Å²) in [5, 5.41) is 9.45. The SMILES string of the molecule is CCCCSC[C@@H](O)COC(C)C. The fraction of sp³-hybridized carbons (Fsp3) is 1.00. The van der Waals surface area contributed by atoms with Crippen LogP contribution in [0.5, 0.6) is 0 Å². The largest absolute Gasteiger partial charge is 0.390 e. The Labute approximate surface area is 86.1 Å². The molecule has 0 rings (SSSR count). The first-order chi connectivity index (χ1) is 6.16. The van der Waals surface area contributed by atoms with E-state index in [0.29, 0.717) is 6.61 Å². The molecule has 1 N–H and O–H groups in total. The van der Waals surface area contributed by atoms with E-state index in [4.69, 9.17) is 4.74 Å². The molecule has 0 bridgehead atoms. The highest BCUT2D eigenvalue weighted by Gasteiger charge is 2.04. The number of hydrogen-bond donors (Lipinski definition) is 1. The molecule has 0 aromatic heterocycles. The van der Waals surface area contributed by atoms with Gasteiger partial charge < -0.3 is 9.84 Å². The highest BCUT2D eigenvalue weighted by atomic mass is 32.2. The molecular weight excluding hydrogens is 184 g/mol. The van der Waals surface area contributed by atoms with Crippen LogP contribution in [0.4, 0.5) is 0 Å². The van der Waals surface area contributed by atoms with Crippen molar-refractivity contribution in [1.82, 2.24) is 0 Å². The molecule has 0 unspecified atom stereocenters. The third-order valence-electron chi connectivity index (χ3n) is 1.57. The van der Waals surface area contributed by atoms with E-state index in [2.05, 4.69) is 6.92 Å². The lowest BCUT2D eigenvalue weighted by Gasteiger charge is -2.12. The van der Waals surface area contributed by atoms with Crippen molar-refractivity contribution in [3.05, 3.63) is 0 Å². The van der Waals surface area contributed by atoms with Crippen LogP contribution in [0.25, 0.3) is 0 Å². The molecule has 0 heterocycles. The van der Waals surface area contributed by atoms with E-state index in [0.717, 1.165) is 11.5 Å². The third-order valence-corrected chi connectivity index (χ3v) is 2.77. The second-order valence-electron chi connectivity index (χ2n) is 3.46. The van der Waals surface area contributed by atoms with E-state index in [1.54, 1.807) is 0 Å². The first-order valence-corrected chi connectivity index (χ1v) is 6.19. The summed E-state index contributed by atoms with van der Waals surface area (Å²) < 4.78 is 5.30. The van der Waals surface area contributed by atoms with Crippen LogP contribution in [-0.4, -0.2) is 35.4 Å². The summed E-state index contributed by atoms with van der Waals surface area (Å²) in [4.78, 5) is 0. The highest BCUT2D eigenvalue weighted by molar-refractivity contribution is 7.99. The molecule has 0 spiro atoms. The van der Waals surface area contributed by atoms with Gasteiger partial charge in [0.25, 0.3) is 0 Å². The van der Waals surface area contributed by atoms with Gasteiger partial charge in [0.2, 0.25) is 0 Å². The molecule has 0 aliphatic rings. The van der Waals surface area contributed by atoms with Gasteiger partial charge in [-0.1, -0.05) is 13.3 Å². The van der Waals surface area contributed by atoms with E-state index in [1.165, 1.54) is 12.8 Å². The molecule has 0 saturated carbocycles. The van der Waals surface area contributed by atoms with E-state index < -0.39 is 0 Å². The van der Waals surface area contributed by atoms with Crippen molar-refractivity contribution >= 4 is 11.8 Å². The number of unbranched alkanes of at least 4 members (excludes halogenated alkanes) is 1. The average molecular weight is 206 g/mol. The zero-order valence-electron chi connectivity index (χ0n) is 8.95. The van der Waals surface area contributed by atoms with Crippen molar-refractivity contribution in [2.45, 2.75) is 45.8 Å². The monoisotopic (exact) mass is 206 g/mol. The minimum absolute atomic E-state index is 0.218. The lowest BCUT2D eigenvalue weighted by atomic mass is 10.4. The fourth-order valence-corrected chi connectivity index (χ4v) is 1.85. The second kappa shape index (κ2) is 8.85. The minimum atomic E-state index is -0.302. The Morgan fingerprint density at radius 2 is 2.08 bits per heavy atom. The quantitative estimate of drug-likeness (QED) is 0.618. The maximum absolute atomic E-state index is 9.45. The fourth-order valence-electron chi connectivity index (χ4n) is 0.817. The summed E-state index contributed by atoms with van der Waals surface area (Å²) in [6.07, 6.45) is 2.38. The molecular formula is C10H22O2S. The number of aliphatic hydroxyl groups excluding tert-OH is 1. The van der Waals surface area contributed by atoms with Crippen molar-refractivity contribution in [2.24, 2.45) is 0 Å². The summed E-state index contributed by atoms with van der Waals surface area (Å²) >= 11 is 1.81. The van der Waals surface area contributed by atoms with Gasteiger partial charge in [0.1, 0.15) is 0 Å². The lowest BCUT2D eigenvalue weighted by molar-refractivity contribution is 0.0152. The van der Waals surface area contributed by atoms with Gasteiger partial charge in [-0.25, -0.2) is 0 Å². The molecule has 0 saturated heterocycles.